The molecule has 0 atom stereocenters. The van der Waals surface area contributed by atoms with Gasteiger partial charge in [-0.2, -0.15) is 0 Å². The van der Waals surface area contributed by atoms with Crippen LogP contribution in [0.15, 0.2) is 64.0 Å². The predicted octanol–water partition coefficient (Wildman–Crippen LogP) is 6.76. The van der Waals surface area contributed by atoms with E-state index in [4.69, 9.17) is 23.2 Å². The van der Waals surface area contributed by atoms with Crippen LogP contribution in [0.4, 0.5) is 5.13 Å². The van der Waals surface area contributed by atoms with Gasteiger partial charge in [-0.1, -0.05) is 70.6 Å². The van der Waals surface area contributed by atoms with E-state index in [1.54, 1.807) is 13.2 Å². The van der Waals surface area contributed by atoms with Gasteiger partial charge < -0.3 is 5.32 Å². The molecule has 0 radical (unpaired) electrons. The van der Waals surface area contributed by atoms with Crippen molar-refractivity contribution in [3.8, 4) is 0 Å². The summed E-state index contributed by atoms with van der Waals surface area (Å²) in [4.78, 5) is 28.2. The van der Waals surface area contributed by atoms with E-state index in [1.165, 1.54) is 41.4 Å². The lowest BCUT2D eigenvalue weighted by atomic mass is 10.2. The summed E-state index contributed by atoms with van der Waals surface area (Å²) in [5.74, 6) is -0.289. The number of carbonyl (C=O) groups excluding carboxylic acids is 2. The number of hydrogen-bond acceptors (Lipinski definition) is 8. The normalized spacial score (nSPS) is 10.6. The summed E-state index contributed by atoms with van der Waals surface area (Å²) in [5, 5.41) is 16.8. The average Bonchev–Trinajstić information content (AvgIpc) is 3.43. The second-order valence-electron chi connectivity index (χ2n) is 6.95. The van der Waals surface area contributed by atoms with Gasteiger partial charge in [-0.05, 0) is 24.3 Å². The van der Waals surface area contributed by atoms with Gasteiger partial charge in [-0.3, -0.25) is 19.9 Å². The molecule has 2 amide bonds. The lowest BCUT2D eigenvalue weighted by Crippen LogP contribution is -2.11. The Hall–Kier alpha value is -2.76. The Balaban J connectivity index is 0.000000527. The first kappa shape index (κ1) is 25.3. The lowest BCUT2D eigenvalue weighted by molar-refractivity contribution is -0.118. The number of thiophene rings is 1. The van der Waals surface area contributed by atoms with Gasteiger partial charge in [0.1, 0.15) is 4.88 Å². The topological polar surface area (TPSA) is 96.9 Å². The van der Waals surface area contributed by atoms with Crippen LogP contribution in [0.25, 0.3) is 21.0 Å². The number of hydrogen-bond donors (Lipinski definition) is 2. The Morgan fingerprint density at radius 3 is 2.51 bits per heavy atom. The zero-order valence-corrected chi connectivity index (χ0v) is 22.3. The molecular formula is C23H17Cl2N5O2S3. The molecule has 0 bridgehead atoms. The third kappa shape index (κ3) is 6.09. The minimum atomic E-state index is -0.294. The van der Waals surface area contributed by atoms with E-state index in [-0.39, 0.29) is 11.8 Å². The Kier molecular flexibility index (Phi) is 8.19. The van der Waals surface area contributed by atoms with E-state index in [1.807, 2.05) is 48.5 Å². The number of nitrogens with one attached hydrogen (secondary N) is 2. The summed E-state index contributed by atoms with van der Waals surface area (Å²) in [6.45, 7) is 1.47. The van der Waals surface area contributed by atoms with Crippen LogP contribution in [0.2, 0.25) is 10.0 Å². The molecule has 0 spiro atoms. The maximum atomic E-state index is 12.7. The van der Waals surface area contributed by atoms with Crippen LogP contribution < -0.4 is 10.6 Å². The van der Waals surface area contributed by atoms with Crippen molar-refractivity contribution in [3.63, 3.8) is 0 Å². The van der Waals surface area contributed by atoms with E-state index in [0.29, 0.717) is 24.4 Å². The summed E-state index contributed by atoms with van der Waals surface area (Å²) < 4.78 is 1.67. The number of rotatable bonds is 4. The van der Waals surface area contributed by atoms with E-state index < -0.39 is 0 Å². The summed E-state index contributed by atoms with van der Waals surface area (Å²) >= 11 is 16.6. The van der Waals surface area contributed by atoms with Gasteiger partial charge in [0.05, 0.1) is 10.5 Å². The molecule has 0 aliphatic rings. The van der Waals surface area contributed by atoms with Crippen molar-refractivity contribution >= 4 is 95.6 Å². The Labute approximate surface area is 222 Å². The standard InChI is InChI=1S/C20H10Cl2N4OS3.C3H7NO/c21-10-5-6-11-13(9-10)23-8-7-15(11)29-20-26-25-19(30-20)24-18(27)17-16(22)12-3-1-2-4-14(12)28-17;1-3(5)4-2/h1-9H,(H,24,25,27);1-2H3,(H,4,5). The van der Waals surface area contributed by atoms with Gasteiger partial charge in [-0.25, -0.2) is 0 Å². The summed E-state index contributed by atoms with van der Waals surface area (Å²) in [7, 11) is 1.60. The molecule has 12 heteroatoms. The predicted molar refractivity (Wildman–Crippen MR) is 145 cm³/mol. The Morgan fingerprint density at radius 2 is 1.77 bits per heavy atom. The van der Waals surface area contributed by atoms with Gasteiger partial charge in [0.2, 0.25) is 11.0 Å². The van der Waals surface area contributed by atoms with Crippen LogP contribution in [0, 0.1) is 0 Å². The molecule has 2 aromatic carbocycles. The number of benzene rings is 2. The van der Waals surface area contributed by atoms with Crippen LogP contribution >= 0.6 is 57.6 Å². The molecular weight excluding hydrogens is 545 g/mol. The number of anilines is 1. The van der Waals surface area contributed by atoms with Crippen LogP contribution in [0.1, 0.15) is 16.6 Å². The zero-order valence-electron chi connectivity index (χ0n) is 18.3. The first-order valence-electron chi connectivity index (χ1n) is 10.1. The van der Waals surface area contributed by atoms with Crippen molar-refractivity contribution in [2.45, 2.75) is 16.2 Å². The molecule has 5 rings (SSSR count). The van der Waals surface area contributed by atoms with Crippen molar-refractivity contribution in [1.82, 2.24) is 20.5 Å². The molecule has 0 fully saturated rings. The first-order valence-corrected chi connectivity index (χ1v) is 13.3. The van der Waals surface area contributed by atoms with Crippen molar-refractivity contribution in [2.75, 3.05) is 12.4 Å². The fourth-order valence-corrected chi connectivity index (χ4v) is 6.30. The minimum absolute atomic E-state index is 0.00463. The fraction of sp³-hybridized carbons (Fsp3) is 0.0870. The molecule has 3 aromatic heterocycles. The number of amides is 2. The van der Waals surface area contributed by atoms with Crippen LogP contribution in [-0.2, 0) is 4.79 Å². The van der Waals surface area contributed by atoms with E-state index in [9.17, 15) is 9.59 Å². The smallest absolute Gasteiger partial charge is 0.269 e. The highest BCUT2D eigenvalue weighted by atomic mass is 35.5. The van der Waals surface area contributed by atoms with Crippen LogP contribution in [0.5, 0.6) is 0 Å². The van der Waals surface area contributed by atoms with E-state index >= 15 is 0 Å². The monoisotopic (exact) mass is 561 g/mol. The zero-order chi connectivity index (χ0) is 24.9. The van der Waals surface area contributed by atoms with E-state index in [2.05, 4.69) is 25.8 Å². The van der Waals surface area contributed by atoms with E-state index in [0.717, 1.165) is 25.9 Å². The molecule has 2 N–H and O–H groups in total. The highest BCUT2D eigenvalue weighted by molar-refractivity contribution is 8.01. The summed E-state index contributed by atoms with van der Waals surface area (Å²) in [6, 6.07) is 15.1. The number of nitrogens with zero attached hydrogens (tertiary/aromatic N) is 3. The number of pyridine rings is 1. The number of fused-ring (bicyclic) bond motifs is 2. The first-order chi connectivity index (χ1) is 16.9. The molecule has 0 unspecified atom stereocenters. The quantitative estimate of drug-likeness (QED) is 0.235. The molecule has 3 heterocycles. The van der Waals surface area contributed by atoms with Gasteiger partial charge in [0.25, 0.3) is 5.91 Å². The largest absolute Gasteiger partial charge is 0.359 e. The Bertz CT molecular complexity index is 1540. The van der Waals surface area contributed by atoms with Gasteiger partial charge in [0.15, 0.2) is 4.34 Å². The minimum Gasteiger partial charge on any atom is -0.359 e. The molecule has 7 nitrogen and oxygen atoms in total. The Morgan fingerprint density at radius 1 is 1.00 bits per heavy atom. The third-order valence-electron chi connectivity index (χ3n) is 4.58. The third-order valence-corrected chi connectivity index (χ3v) is 8.46. The molecule has 0 aliphatic heterocycles. The van der Waals surface area contributed by atoms with Crippen LogP contribution in [-0.4, -0.2) is 34.0 Å². The molecule has 5 aromatic rings. The summed E-state index contributed by atoms with van der Waals surface area (Å²) in [6.07, 6.45) is 1.73. The second-order valence-corrected chi connectivity index (χ2v) is 11.1. The number of carbonyl (C=O) groups is 2. The molecule has 0 saturated heterocycles. The van der Waals surface area contributed by atoms with Gasteiger partial charge >= 0.3 is 0 Å². The molecule has 0 saturated carbocycles. The van der Waals surface area contributed by atoms with Crippen LogP contribution in [0.3, 0.4) is 0 Å². The van der Waals surface area contributed by atoms with Crippen molar-refractivity contribution < 1.29 is 9.59 Å². The molecule has 0 aliphatic carbocycles. The number of halogens is 2. The SMILES string of the molecule is CNC(C)=O.O=C(Nc1nnc(Sc2ccnc3cc(Cl)ccc23)s1)c1sc2ccccc2c1Cl. The lowest BCUT2D eigenvalue weighted by Gasteiger charge is -2.03. The van der Waals surface area contributed by atoms with Gasteiger partial charge in [0, 0.05) is 45.6 Å². The highest BCUT2D eigenvalue weighted by Gasteiger charge is 2.19. The van der Waals surface area contributed by atoms with Gasteiger partial charge in [-0.15, -0.1) is 21.5 Å². The fourth-order valence-electron chi connectivity index (χ4n) is 2.89. The average molecular weight is 563 g/mol. The van der Waals surface area contributed by atoms with Crippen molar-refractivity contribution in [2.24, 2.45) is 0 Å². The molecule has 35 heavy (non-hydrogen) atoms. The summed E-state index contributed by atoms with van der Waals surface area (Å²) in [5.41, 5.74) is 0.810. The van der Waals surface area contributed by atoms with Crippen molar-refractivity contribution in [3.05, 3.63) is 69.7 Å². The number of aromatic nitrogens is 3. The molecule has 178 valence electrons. The maximum Gasteiger partial charge on any atom is 0.269 e. The second kappa shape index (κ2) is 11.3. The van der Waals surface area contributed by atoms with Crippen molar-refractivity contribution in [1.29, 1.82) is 0 Å². The highest BCUT2D eigenvalue weighted by Crippen LogP contribution is 2.38. The maximum absolute atomic E-state index is 12.7.